The van der Waals surface area contributed by atoms with Gasteiger partial charge < -0.3 is 10.1 Å². The second kappa shape index (κ2) is 7.53. The number of methoxy groups -OCH3 is 1. The van der Waals surface area contributed by atoms with E-state index in [1.165, 1.54) is 10.4 Å². The number of urea groups is 1. The van der Waals surface area contributed by atoms with E-state index in [9.17, 15) is 9.59 Å². The zero-order valence-corrected chi connectivity index (χ0v) is 13.2. The van der Waals surface area contributed by atoms with Crippen LogP contribution in [0.25, 0.3) is 0 Å². The third kappa shape index (κ3) is 4.26. The summed E-state index contributed by atoms with van der Waals surface area (Å²) >= 11 is 1.77. The van der Waals surface area contributed by atoms with Crippen LogP contribution < -0.4 is 10.6 Å². The number of hydrogen-bond acceptors (Lipinski definition) is 5. The van der Waals surface area contributed by atoms with Crippen molar-refractivity contribution >= 4 is 23.3 Å². The molecule has 1 aromatic heterocycles. The Kier molecular flexibility index (Phi) is 5.72. The Morgan fingerprint density at radius 3 is 3.10 bits per heavy atom. The summed E-state index contributed by atoms with van der Waals surface area (Å²) in [6.07, 6.45) is 0.963. The minimum atomic E-state index is -0.474. The Morgan fingerprint density at radius 1 is 1.52 bits per heavy atom. The molecule has 7 heteroatoms. The van der Waals surface area contributed by atoms with Crippen LogP contribution in [0.4, 0.5) is 4.79 Å². The van der Waals surface area contributed by atoms with Gasteiger partial charge in [-0.2, -0.15) is 0 Å². The van der Waals surface area contributed by atoms with E-state index in [1.807, 2.05) is 0 Å². The number of fused-ring (bicyclic) bond motifs is 1. The molecule has 2 heterocycles. The second-order valence-corrected chi connectivity index (χ2v) is 5.99. The molecule has 1 aromatic rings. The Balaban J connectivity index is 1.79. The normalized spacial score (nSPS) is 18.1. The minimum absolute atomic E-state index is 0.210. The van der Waals surface area contributed by atoms with Crippen LogP contribution in [0.15, 0.2) is 11.4 Å². The van der Waals surface area contributed by atoms with E-state index in [0.29, 0.717) is 13.2 Å². The standard InChI is InChI=1S/C14H21N3O3S/c1-10-11-4-8-21-12(11)3-6-17(10)9-13(18)16-14(19)15-5-7-20-2/h4,8,10H,3,5-7,9H2,1-2H3,(H2,15,16,18,19)/t10-/m0/s1. The zero-order chi connectivity index (χ0) is 15.2. The summed E-state index contributed by atoms with van der Waals surface area (Å²) in [6, 6.07) is 1.85. The molecule has 6 nitrogen and oxygen atoms in total. The highest BCUT2D eigenvalue weighted by molar-refractivity contribution is 7.10. The SMILES string of the molecule is COCCNC(=O)NC(=O)CN1CCc2sccc2[C@@H]1C. The lowest BCUT2D eigenvalue weighted by molar-refractivity contribution is -0.121. The summed E-state index contributed by atoms with van der Waals surface area (Å²) in [6.45, 7) is 3.97. The molecule has 0 spiro atoms. The van der Waals surface area contributed by atoms with Gasteiger partial charge in [-0.1, -0.05) is 0 Å². The summed E-state index contributed by atoms with van der Waals surface area (Å²) in [4.78, 5) is 26.9. The molecule has 0 bridgehead atoms. The fourth-order valence-electron chi connectivity index (χ4n) is 2.44. The van der Waals surface area contributed by atoms with Crippen LogP contribution >= 0.6 is 11.3 Å². The van der Waals surface area contributed by atoms with Crippen molar-refractivity contribution in [3.8, 4) is 0 Å². The summed E-state index contributed by atoms with van der Waals surface area (Å²) in [5, 5.41) is 6.99. The quantitative estimate of drug-likeness (QED) is 0.800. The van der Waals surface area contributed by atoms with Crippen molar-refractivity contribution in [1.82, 2.24) is 15.5 Å². The first-order valence-corrected chi connectivity index (χ1v) is 7.86. The number of thiophene rings is 1. The molecule has 1 atom stereocenters. The Labute approximate surface area is 128 Å². The van der Waals surface area contributed by atoms with Crippen molar-refractivity contribution in [2.75, 3.05) is 33.4 Å². The van der Waals surface area contributed by atoms with E-state index in [2.05, 4.69) is 33.9 Å². The van der Waals surface area contributed by atoms with Gasteiger partial charge in [-0.25, -0.2) is 4.79 Å². The van der Waals surface area contributed by atoms with Crippen molar-refractivity contribution < 1.29 is 14.3 Å². The molecule has 2 N–H and O–H groups in total. The van der Waals surface area contributed by atoms with Gasteiger partial charge in [-0.15, -0.1) is 11.3 Å². The van der Waals surface area contributed by atoms with Gasteiger partial charge in [-0.3, -0.25) is 15.0 Å². The minimum Gasteiger partial charge on any atom is -0.383 e. The number of amides is 3. The van der Waals surface area contributed by atoms with Gasteiger partial charge in [0.1, 0.15) is 0 Å². The van der Waals surface area contributed by atoms with E-state index in [-0.39, 0.29) is 18.5 Å². The summed E-state index contributed by atoms with van der Waals surface area (Å²) in [7, 11) is 1.56. The monoisotopic (exact) mass is 311 g/mol. The number of ether oxygens (including phenoxy) is 1. The molecule has 3 amide bonds. The van der Waals surface area contributed by atoms with Gasteiger partial charge in [0, 0.05) is 31.1 Å². The number of nitrogens with zero attached hydrogens (tertiary/aromatic N) is 1. The molecule has 21 heavy (non-hydrogen) atoms. The Morgan fingerprint density at radius 2 is 2.33 bits per heavy atom. The predicted octanol–water partition coefficient (Wildman–Crippen LogP) is 1.14. The number of hydrogen-bond donors (Lipinski definition) is 2. The van der Waals surface area contributed by atoms with Crippen LogP contribution in [0.3, 0.4) is 0 Å². The van der Waals surface area contributed by atoms with Gasteiger partial charge in [0.25, 0.3) is 0 Å². The van der Waals surface area contributed by atoms with Crippen LogP contribution in [-0.2, 0) is 16.0 Å². The molecule has 0 fully saturated rings. The highest BCUT2D eigenvalue weighted by Crippen LogP contribution is 2.32. The molecule has 116 valence electrons. The zero-order valence-electron chi connectivity index (χ0n) is 12.3. The van der Waals surface area contributed by atoms with Crippen LogP contribution in [0.1, 0.15) is 23.4 Å². The lowest BCUT2D eigenvalue weighted by atomic mass is 10.0. The van der Waals surface area contributed by atoms with Crippen LogP contribution in [0.5, 0.6) is 0 Å². The smallest absolute Gasteiger partial charge is 0.321 e. The second-order valence-electron chi connectivity index (χ2n) is 4.99. The molecule has 0 unspecified atom stereocenters. The van der Waals surface area contributed by atoms with Gasteiger partial charge in [0.2, 0.25) is 5.91 Å². The van der Waals surface area contributed by atoms with E-state index in [0.717, 1.165) is 13.0 Å². The molecule has 1 aliphatic heterocycles. The number of rotatable bonds is 5. The highest BCUT2D eigenvalue weighted by Gasteiger charge is 2.26. The third-order valence-electron chi connectivity index (χ3n) is 3.60. The molecular weight excluding hydrogens is 290 g/mol. The van der Waals surface area contributed by atoms with Gasteiger partial charge in [0.05, 0.1) is 13.2 Å². The van der Waals surface area contributed by atoms with Gasteiger partial charge in [-0.05, 0) is 30.4 Å². The van der Waals surface area contributed by atoms with Crippen molar-refractivity contribution in [2.24, 2.45) is 0 Å². The maximum absolute atomic E-state index is 11.9. The first-order chi connectivity index (χ1) is 10.1. The largest absolute Gasteiger partial charge is 0.383 e. The van der Waals surface area contributed by atoms with Crippen molar-refractivity contribution in [3.63, 3.8) is 0 Å². The lowest BCUT2D eigenvalue weighted by Crippen LogP contribution is -2.46. The van der Waals surface area contributed by atoms with Crippen LogP contribution in [-0.4, -0.2) is 50.2 Å². The van der Waals surface area contributed by atoms with Crippen molar-refractivity contribution in [1.29, 1.82) is 0 Å². The Bertz CT molecular complexity index is 503. The molecule has 0 aromatic carbocycles. The maximum atomic E-state index is 11.9. The maximum Gasteiger partial charge on any atom is 0.321 e. The predicted molar refractivity (Wildman–Crippen MR) is 81.4 cm³/mol. The average Bonchev–Trinajstić information content (AvgIpc) is 2.91. The molecule has 0 radical (unpaired) electrons. The van der Waals surface area contributed by atoms with Gasteiger partial charge >= 0.3 is 6.03 Å². The molecule has 0 aliphatic carbocycles. The number of nitrogens with one attached hydrogen (secondary N) is 2. The van der Waals surface area contributed by atoms with Crippen molar-refractivity contribution in [3.05, 3.63) is 21.9 Å². The fourth-order valence-corrected chi connectivity index (χ4v) is 3.40. The first kappa shape index (κ1) is 15.9. The van der Waals surface area contributed by atoms with Gasteiger partial charge in [0.15, 0.2) is 0 Å². The number of carbonyl (C=O) groups is 2. The molecular formula is C14H21N3O3S. The third-order valence-corrected chi connectivity index (χ3v) is 4.59. The summed E-state index contributed by atoms with van der Waals surface area (Å²) < 4.78 is 4.82. The fraction of sp³-hybridized carbons (Fsp3) is 0.571. The first-order valence-electron chi connectivity index (χ1n) is 6.98. The average molecular weight is 311 g/mol. The van der Waals surface area contributed by atoms with E-state index in [1.54, 1.807) is 18.4 Å². The lowest BCUT2D eigenvalue weighted by Gasteiger charge is -2.32. The van der Waals surface area contributed by atoms with Crippen LogP contribution in [0.2, 0.25) is 0 Å². The highest BCUT2D eigenvalue weighted by atomic mass is 32.1. The Hall–Kier alpha value is -1.44. The molecule has 0 saturated carbocycles. The topological polar surface area (TPSA) is 70.7 Å². The van der Waals surface area contributed by atoms with Crippen LogP contribution in [0, 0.1) is 0 Å². The molecule has 2 rings (SSSR count). The molecule has 1 aliphatic rings. The van der Waals surface area contributed by atoms with Crippen molar-refractivity contribution in [2.45, 2.75) is 19.4 Å². The van der Waals surface area contributed by atoms with E-state index in [4.69, 9.17) is 4.74 Å². The summed E-state index contributed by atoms with van der Waals surface area (Å²) in [5.74, 6) is -0.282. The number of carbonyl (C=O) groups excluding carboxylic acids is 2. The summed E-state index contributed by atoms with van der Waals surface area (Å²) in [5.41, 5.74) is 1.29. The number of imide groups is 1. The van der Waals surface area contributed by atoms with E-state index < -0.39 is 6.03 Å². The molecule has 0 saturated heterocycles. The van der Waals surface area contributed by atoms with E-state index >= 15 is 0 Å².